The van der Waals surface area contributed by atoms with Crippen LogP contribution in [-0.4, -0.2) is 52.7 Å². The average Bonchev–Trinajstić information content (AvgIpc) is 2.95. The van der Waals surface area contributed by atoms with Crippen LogP contribution in [0.5, 0.6) is 0 Å². The summed E-state index contributed by atoms with van der Waals surface area (Å²) in [6.07, 6.45) is 8.47. The summed E-state index contributed by atoms with van der Waals surface area (Å²) in [5.41, 5.74) is 6.07. The number of aromatic nitrogens is 2. The summed E-state index contributed by atoms with van der Waals surface area (Å²) in [7, 11) is 1.31. The summed E-state index contributed by atoms with van der Waals surface area (Å²) >= 11 is 0. The Morgan fingerprint density at radius 1 is 1.05 bits per heavy atom. The van der Waals surface area contributed by atoms with Gasteiger partial charge in [-0.05, 0) is 60.9 Å². The fourth-order valence-corrected chi connectivity index (χ4v) is 4.60. The highest BCUT2D eigenvalue weighted by atomic mass is 16.7. The van der Waals surface area contributed by atoms with Crippen molar-refractivity contribution in [3.05, 3.63) is 84.2 Å². The first-order chi connectivity index (χ1) is 18.1. The number of aryl methyl sites for hydroxylation is 1. The second-order valence-corrected chi connectivity index (χ2v) is 9.32. The number of nitrogens with zero attached hydrogens (tertiary/aromatic N) is 3. The SMILES string of the molecule is CN(O)C(=O)c1cc(-c2ccc(-c3ccc(CCCOC4CCCCO4)cc3)cc2)nc2ccncc12. The summed E-state index contributed by atoms with van der Waals surface area (Å²) in [6.45, 7) is 1.53. The van der Waals surface area contributed by atoms with Gasteiger partial charge in [0.25, 0.3) is 5.91 Å². The molecule has 37 heavy (non-hydrogen) atoms. The van der Waals surface area contributed by atoms with Gasteiger partial charge in [0.1, 0.15) is 0 Å². The first-order valence-electron chi connectivity index (χ1n) is 12.7. The smallest absolute Gasteiger partial charge is 0.277 e. The highest BCUT2D eigenvalue weighted by Crippen LogP contribution is 2.28. The fourth-order valence-electron chi connectivity index (χ4n) is 4.60. The summed E-state index contributed by atoms with van der Waals surface area (Å²) in [4.78, 5) is 21.4. The Balaban J connectivity index is 1.26. The lowest BCUT2D eigenvalue weighted by atomic mass is 9.99. The van der Waals surface area contributed by atoms with E-state index >= 15 is 0 Å². The second kappa shape index (κ2) is 11.6. The normalized spacial score (nSPS) is 15.6. The van der Waals surface area contributed by atoms with Gasteiger partial charge in [-0.1, -0.05) is 48.5 Å². The predicted molar refractivity (Wildman–Crippen MR) is 142 cm³/mol. The molecule has 4 aromatic rings. The molecular formula is C30H31N3O4. The Bertz CT molecular complexity index is 1350. The van der Waals surface area contributed by atoms with E-state index < -0.39 is 5.91 Å². The number of hydrogen-bond donors (Lipinski definition) is 1. The van der Waals surface area contributed by atoms with Gasteiger partial charge in [0.2, 0.25) is 0 Å². The molecule has 1 aliphatic rings. The van der Waals surface area contributed by atoms with E-state index in [0.29, 0.717) is 27.2 Å². The molecule has 1 saturated heterocycles. The molecule has 1 fully saturated rings. The maximum Gasteiger partial charge on any atom is 0.277 e. The molecule has 1 atom stereocenters. The lowest BCUT2D eigenvalue weighted by Gasteiger charge is -2.22. The molecule has 7 heteroatoms. The van der Waals surface area contributed by atoms with E-state index in [2.05, 4.69) is 41.4 Å². The van der Waals surface area contributed by atoms with E-state index in [1.165, 1.54) is 19.0 Å². The number of hydrogen-bond acceptors (Lipinski definition) is 6. The quantitative estimate of drug-likeness (QED) is 0.185. The van der Waals surface area contributed by atoms with Crippen molar-refractivity contribution in [3.63, 3.8) is 0 Å². The van der Waals surface area contributed by atoms with Gasteiger partial charge in [-0.3, -0.25) is 15.0 Å². The molecule has 0 radical (unpaired) electrons. The molecule has 0 spiro atoms. The largest absolute Gasteiger partial charge is 0.353 e. The third kappa shape index (κ3) is 6.02. The number of amides is 1. The number of rotatable bonds is 8. The number of fused-ring (bicyclic) bond motifs is 1. The van der Waals surface area contributed by atoms with E-state index in [4.69, 9.17) is 14.5 Å². The zero-order valence-corrected chi connectivity index (χ0v) is 21.0. The van der Waals surface area contributed by atoms with Gasteiger partial charge >= 0.3 is 0 Å². The summed E-state index contributed by atoms with van der Waals surface area (Å²) in [5, 5.41) is 10.9. The topological polar surface area (TPSA) is 84.8 Å². The summed E-state index contributed by atoms with van der Waals surface area (Å²) < 4.78 is 11.5. The minimum absolute atomic E-state index is 0.0241. The Morgan fingerprint density at radius 2 is 1.78 bits per heavy atom. The van der Waals surface area contributed by atoms with Crippen molar-refractivity contribution >= 4 is 16.8 Å². The van der Waals surface area contributed by atoms with Gasteiger partial charge in [0, 0.05) is 37.0 Å². The Kier molecular flexibility index (Phi) is 7.84. The zero-order valence-electron chi connectivity index (χ0n) is 21.0. The van der Waals surface area contributed by atoms with E-state index in [1.807, 2.05) is 12.1 Å². The van der Waals surface area contributed by atoms with Gasteiger partial charge in [-0.15, -0.1) is 0 Å². The Morgan fingerprint density at radius 3 is 2.49 bits per heavy atom. The van der Waals surface area contributed by atoms with Gasteiger partial charge in [0.15, 0.2) is 6.29 Å². The number of hydroxylamine groups is 2. The second-order valence-electron chi connectivity index (χ2n) is 9.32. The van der Waals surface area contributed by atoms with E-state index in [9.17, 15) is 10.0 Å². The van der Waals surface area contributed by atoms with Gasteiger partial charge in [-0.25, -0.2) is 10.0 Å². The number of benzene rings is 2. The van der Waals surface area contributed by atoms with Gasteiger partial charge in [-0.2, -0.15) is 0 Å². The molecule has 7 nitrogen and oxygen atoms in total. The first kappa shape index (κ1) is 25.0. The van der Waals surface area contributed by atoms with Crippen molar-refractivity contribution in [3.8, 4) is 22.4 Å². The van der Waals surface area contributed by atoms with E-state index in [0.717, 1.165) is 55.6 Å². The maximum atomic E-state index is 12.6. The fraction of sp³-hybridized carbons (Fsp3) is 0.300. The third-order valence-electron chi connectivity index (χ3n) is 6.65. The van der Waals surface area contributed by atoms with E-state index in [1.54, 1.807) is 24.5 Å². The van der Waals surface area contributed by atoms with Crippen LogP contribution in [0.4, 0.5) is 0 Å². The van der Waals surface area contributed by atoms with Crippen LogP contribution in [0.3, 0.4) is 0 Å². The molecular weight excluding hydrogens is 466 g/mol. The molecule has 1 N–H and O–H groups in total. The highest BCUT2D eigenvalue weighted by molar-refractivity contribution is 6.06. The van der Waals surface area contributed by atoms with Crippen molar-refractivity contribution in [1.29, 1.82) is 0 Å². The number of pyridine rings is 2. The third-order valence-corrected chi connectivity index (χ3v) is 6.65. The minimum atomic E-state index is -0.507. The van der Waals surface area contributed by atoms with E-state index in [-0.39, 0.29) is 6.29 Å². The predicted octanol–water partition coefficient (Wildman–Crippen LogP) is 5.90. The molecule has 0 saturated carbocycles. The van der Waals surface area contributed by atoms with Crippen molar-refractivity contribution in [2.45, 2.75) is 38.4 Å². The van der Waals surface area contributed by atoms with Crippen LogP contribution in [0.1, 0.15) is 41.6 Å². The standard InChI is InChI=1S/C30H31N3O4/c1-33(35)30(34)25-19-28(32-27-15-16-31-20-26(25)27)24-13-11-23(12-14-24)22-9-7-21(8-10-22)5-4-18-37-29-6-2-3-17-36-29/h7-16,19-20,29,35H,2-6,17-18H2,1H3. The van der Waals surface area contributed by atoms with Crippen LogP contribution in [-0.2, 0) is 15.9 Å². The van der Waals surface area contributed by atoms with Crippen molar-refractivity contribution in [1.82, 2.24) is 15.0 Å². The zero-order chi connectivity index (χ0) is 25.6. The molecule has 190 valence electrons. The maximum absolute atomic E-state index is 12.6. The highest BCUT2D eigenvalue weighted by Gasteiger charge is 2.17. The number of carbonyl (C=O) groups excluding carboxylic acids is 1. The van der Waals surface area contributed by atoms with Crippen LogP contribution in [0.2, 0.25) is 0 Å². The van der Waals surface area contributed by atoms with Crippen LogP contribution in [0, 0.1) is 0 Å². The summed E-state index contributed by atoms with van der Waals surface area (Å²) in [5.74, 6) is -0.507. The lowest BCUT2D eigenvalue weighted by Crippen LogP contribution is -2.23. The molecule has 2 aromatic carbocycles. The van der Waals surface area contributed by atoms with Crippen LogP contribution < -0.4 is 0 Å². The number of carbonyl (C=O) groups is 1. The molecule has 3 heterocycles. The molecule has 1 unspecified atom stereocenters. The van der Waals surface area contributed by atoms with Crippen molar-refractivity contribution in [2.75, 3.05) is 20.3 Å². The summed E-state index contributed by atoms with van der Waals surface area (Å²) in [6, 6.07) is 20.2. The van der Waals surface area contributed by atoms with Crippen molar-refractivity contribution < 1.29 is 19.5 Å². The van der Waals surface area contributed by atoms with Crippen LogP contribution in [0.25, 0.3) is 33.3 Å². The number of ether oxygens (including phenoxy) is 2. The molecule has 0 bridgehead atoms. The molecule has 2 aromatic heterocycles. The Hall–Kier alpha value is -3.65. The molecule has 0 aliphatic carbocycles. The van der Waals surface area contributed by atoms with Gasteiger partial charge < -0.3 is 9.47 Å². The van der Waals surface area contributed by atoms with Crippen LogP contribution >= 0.6 is 0 Å². The van der Waals surface area contributed by atoms with Crippen molar-refractivity contribution in [2.24, 2.45) is 0 Å². The average molecular weight is 498 g/mol. The first-order valence-corrected chi connectivity index (χ1v) is 12.7. The lowest BCUT2D eigenvalue weighted by molar-refractivity contribution is -0.162. The van der Waals surface area contributed by atoms with Gasteiger partial charge in [0.05, 0.1) is 23.4 Å². The Labute approximate surface area is 216 Å². The molecule has 1 amide bonds. The van der Waals surface area contributed by atoms with Crippen LogP contribution in [0.15, 0.2) is 73.1 Å². The monoisotopic (exact) mass is 497 g/mol. The molecule has 5 rings (SSSR count). The minimum Gasteiger partial charge on any atom is -0.353 e. The molecule has 1 aliphatic heterocycles.